The van der Waals surface area contributed by atoms with Crippen LogP contribution in [0.15, 0.2) is 52.0 Å². The number of carbonyl (C=O) groups is 2. The number of rotatable bonds is 5. The number of likely N-dealkylation sites (tertiary alicyclic amines) is 1. The highest BCUT2D eigenvalue weighted by Crippen LogP contribution is 2.24. The number of nitrogens with zero attached hydrogens (tertiary/aromatic N) is 2. The van der Waals surface area contributed by atoms with Crippen LogP contribution in [0.25, 0.3) is 0 Å². The molecule has 0 bridgehead atoms. The minimum absolute atomic E-state index is 0.0103. The predicted octanol–water partition coefficient (Wildman–Crippen LogP) is 2.19. The van der Waals surface area contributed by atoms with E-state index >= 15 is 0 Å². The van der Waals surface area contributed by atoms with E-state index in [-0.39, 0.29) is 34.1 Å². The van der Waals surface area contributed by atoms with Crippen LogP contribution in [0.2, 0.25) is 0 Å². The quantitative estimate of drug-likeness (QED) is 0.762. The van der Waals surface area contributed by atoms with Crippen molar-refractivity contribution in [2.75, 3.05) is 27.2 Å². The molecular formula is C20H24N2O5S. The van der Waals surface area contributed by atoms with Gasteiger partial charge in [0.25, 0.3) is 5.91 Å². The lowest BCUT2D eigenvalue weighted by Crippen LogP contribution is -2.45. The fraction of sp³-hybridized carbons (Fsp3) is 0.400. The topological polar surface area (TPSA) is 87.9 Å². The highest BCUT2D eigenvalue weighted by Gasteiger charge is 2.32. The third-order valence-electron chi connectivity index (χ3n) is 4.89. The van der Waals surface area contributed by atoms with Crippen molar-refractivity contribution in [2.45, 2.75) is 23.5 Å². The molecule has 1 aromatic heterocycles. The van der Waals surface area contributed by atoms with Gasteiger partial charge in [0.15, 0.2) is 15.6 Å². The van der Waals surface area contributed by atoms with Crippen molar-refractivity contribution >= 4 is 21.7 Å². The normalized spacial score (nSPS) is 17.4. The van der Waals surface area contributed by atoms with Gasteiger partial charge in [-0.15, -0.1) is 0 Å². The summed E-state index contributed by atoms with van der Waals surface area (Å²) in [5, 5.41) is 0. The molecule has 1 aromatic carbocycles. The molecule has 1 aliphatic heterocycles. The van der Waals surface area contributed by atoms with E-state index in [0.717, 1.165) is 6.42 Å². The van der Waals surface area contributed by atoms with Crippen LogP contribution >= 0.6 is 0 Å². The molecule has 3 rings (SSSR count). The first-order chi connectivity index (χ1) is 13.3. The summed E-state index contributed by atoms with van der Waals surface area (Å²) in [7, 11) is -0.204. The molecule has 28 heavy (non-hydrogen) atoms. The predicted molar refractivity (Wildman–Crippen MR) is 103 cm³/mol. The molecule has 1 fully saturated rings. The van der Waals surface area contributed by atoms with Crippen molar-refractivity contribution in [1.29, 1.82) is 0 Å². The smallest absolute Gasteiger partial charge is 0.289 e. The molecular weight excluding hydrogens is 380 g/mol. The number of carbonyl (C=O) groups excluding carboxylic acids is 2. The van der Waals surface area contributed by atoms with Gasteiger partial charge in [0.05, 0.1) is 22.8 Å². The van der Waals surface area contributed by atoms with Gasteiger partial charge in [-0.2, -0.15) is 0 Å². The van der Waals surface area contributed by atoms with Crippen molar-refractivity contribution in [3.63, 3.8) is 0 Å². The second-order valence-electron chi connectivity index (χ2n) is 7.17. The van der Waals surface area contributed by atoms with Crippen molar-refractivity contribution in [1.82, 2.24) is 9.80 Å². The molecule has 0 N–H and O–H groups in total. The fourth-order valence-electron chi connectivity index (χ4n) is 3.42. The summed E-state index contributed by atoms with van der Waals surface area (Å²) in [4.78, 5) is 28.5. The van der Waals surface area contributed by atoms with Gasteiger partial charge in [0, 0.05) is 32.7 Å². The molecule has 8 heteroatoms. The number of amides is 2. The zero-order chi connectivity index (χ0) is 20.3. The molecule has 1 aliphatic rings. The first-order valence-corrected chi connectivity index (χ1v) is 10.8. The maximum atomic E-state index is 13.0. The van der Waals surface area contributed by atoms with Crippen LogP contribution in [0.4, 0.5) is 0 Å². The zero-order valence-electron chi connectivity index (χ0n) is 16.0. The first kappa shape index (κ1) is 20.1. The number of hydrogen-bond donors (Lipinski definition) is 0. The van der Waals surface area contributed by atoms with E-state index in [1.54, 1.807) is 37.2 Å². The molecule has 0 aliphatic carbocycles. The van der Waals surface area contributed by atoms with Gasteiger partial charge in [-0.3, -0.25) is 9.59 Å². The average molecular weight is 404 g/mol. The van der Waals surface area contributed by atoms with E-state index in [4.69, 9.17) is 4.42 Å². The van der Waals surface area contributed by atoms with Gasteiger partial charge in [-0.05, 0) is 31.0 Å². The number of furan rings is 1. The Balaban J connectivity index is 1.78. The van der Waals surface area contributed by atoms with Crippen LogP contribution in [-0.2, 0) is 20.4 Å². The Morgan fingerprint density at radius 3 is 2.57 bits per heavy atom. The third-order valence-corrected chi connectivity index (χ3v) is 6.57. The van der Waals surface area contributed by atoms with Gasteiger partial charge >= 0.3 is 0 Å². The summed E-state index contributed by atoms with van der Waals surface area (Å²) in [6.07, 6.45) is 2.78. The van der Waals surface area contributed by atoms with Crippen molar-refractivity contribution < 1.29 is 22.4 Å². The van der Waals surface area contributed by atoms with Crippen LogP contribution in [0.3, 0.4) is 0 Å². The third kappa shape index (κ3) is 4.27. The van der Waals surface area contributed by atoms with Gasteiger partial charge < -0.3 is 14.2 Å². The molecule has 0 spiro atoms. The highest BCUT2D eigenvalue weighted by molar-refractivity contribution is 7.90. The lowest BCUT2D eigenvalue weighted by Gasteiger charge is -2.32. The molecule has 0 radical (unpaired) electrons. The molecule has 1 saturated heterocycles. The monoisotopic (exact) mass is 404 g/mol. The molecule has 2 amide bonds. The van der Waals surface area contributed by atoms with E-state index < -0.39 is 9.84 Å². The summed E-state index contributed by atoms with van der Waals surface area (Å²) < 4.78 is 30.7. The van der Waals surface area contributed by atoms with Crippen LogP contribution in [0.1, 0.15) is 29.0 Å². The zero-order valence-corrected chi connectivity index (χ0v) is 16.8. The van der Waals surface area contributed by atoms with Crippen molar-refractivity contribution in [3.05, 3.63) is 54.0 Å². The Hall–Kier alpha value is -2.61. The minimum Gasteiger partial charge on any atom is -0.459 e. The SMILES string of the molecule is CN(C)C(=O)[C@H]1CCCN(C(=O)c2occc2CS(=O)(=O)c2ccccc2)C1. The fourth-order valence-corrected chi connectivity index (χ4v) is 4.80. The van der Waals surface area contributed by atoms with Gasteiger partial charge in [-0.1, -0.05) is 18.2 Å². The second-order valence-corrected chi connectivity index (χ2v) is 9.16. The standard InChI is InChI=1S/C20H24N2O5S/c1-21(2)19(23)15-7-6-11-22(13-15)20(24)18-16(10-12-27-18)14-28(25,26)17-8-4-3-5-9-17/h3-5,8-10,12,15H,6-7,11,13-14H2,1-2H3/t15-/m0/s1. The average Bonchev–Trinajstić information content (AvgIpc) is 3.14. The number of piperidine rings is 1. The summed E-state index contributed by atoms with van der Waals surface area (Å²) >= 11 is 0. The lowest BCUT2D eigenvalue weighted by atomic mass is 9.96. The largest absolute Gasteiger partial charge is 0.459 e. The number of benzene rings is 1. The van der Waals surface area contributed by atoms with E-state index in [9.17, 15) is 18.0 Å². The van der Waals surface area contributed by atoms with Crippen molar-refractivity contribution in [3.8, 4) is 0 Å². The Morgan fingerprint density at radius 2 is 1.89 bits per heavy atom. The summed E-state index contributed by atoms with van der Waals surface area (Å²) in [6.45, 7) is 0.822. The molecule has 2 heterocycles. The minimum atomic E-state index is -3.60. The molecule has 2 aromatic rings. The molecule has 0 saturated carbocycles. The maximum Gasteiger partial charge on any atom is 0.289 e. The Kier molecular flexibility index (Phi) is 5.88. The van der Waals surface area contributed by atoms with E-state index in [1.165, 1.54) is 29.4 Å². The maximum absolute atomic E-state index is 13.0. The van der Waals surface area contributed by atoms with E-state index in [1.807, 2.05) is 0 Å². The van der Waals surface area contributed by atoms with Crippen LogP contribution in [0.5, 0.6) is 0 Å². The molecule has 1 atom stereocenters. The number of sulfone groups is 1. The first-order valence-electron chi connectivity index (χ1n) is 9.14. The molecule has 7 nitrogen and oxygen atoms in total. The molecule has 0 unspecified atom stereocenters. The van der Waals surface area contributed by atoms with E-state index in [2.05, 4.69) is 0 Å². The van der Waals surface area contributed by atoms with Crippen molar-refractivity contribution in [2.24, 2.45) is 5.92 Å². The summed E-state index contributed by atoms with van der Waals surface area (Å²) in [6, 6.07) is 9.62. The summed E-state index contributed by atoms with van der Waals surface area (Å²) in [5.74, 6) is -0.928. The lowest BCUT2D eigenvalue weighted by molar-refractivity contribution is -0.134. The summed E-state index contributed by atoms with van der Waals surface area (Å²) in [5.41, 5.74) is 0.329. The Labute approximate surface area is 164 Å². The van der Waals surface area contributed by atoms with E-state index in [0.29, 0.717) is 25.1 Å². The van der Waals surface area contributed by atoms with Gasteiger partial charge in [0.2, 0.25) is 5.91 Å². The number of hydrogen-bond acceptors (Lipinski definition) is 5. The molecule has 150 valence electrons. The van der Waals surface area contributed by atoms with Crippen LogP contribution in [0, 0.1) is 5.92 Å². The Bertz CT molecular complexity index is 950. The second kappa shape index (κ2) is 8.18. The van der Waals surface area contributed by atoms with Crippen LogP contribution < -0.4 is 0 Å². The van der Waals surface area contributed by atoms with Gasteiger partial charge in [-0.25, -0.2) is 8.42 Å². The van der Waals surface area contributed by atoms with Gasteiger partial charge in [0.1, 0.15) is 0 Å². The van der Waals surface area contributed by atoms with Crippen LogP contribution in [-0.4, -0.2) is 57.2 Å². The highest BCUT2D eigenvalue weighted by atomic mass is 32.2. The Morgan fingerprint density at radius 1 is 1.18 bits per heavy atom.